The molecule has 3 nitrogen and oxygen atoms in total. The average Bonchev–Trinajstić information content (AvgIpc) is 2.89. The summed E-state index contributed by atoms with van der Waals surface area (Å²) >= 11 is 0. The summed E-state index contributed by atoms with van der Waals surface area (Å²) in [5, 5.41) is 7.70. The van der Waals surface area contributed by atoms with Gasteiger partial charge >= 0.3 is 0 Å². The van der Waals surface area contributed by atoms with Gasteiger partial charge in [-0.05, 0) is 31.5 Å². The Bertz CT molecular complexity index is 485. The number of hydrogen-bond donors (Lipinski definition) is 1. The zero-order valence-corrected chi connectivity index (χ0v) is 11.4. The molecular weight excluding hydrogens is 222 g/mol. The van der Waals surface area contributed by atoms with Crippen LogP contribution in [0.15, 0.2) is 36.7 Å². The van der Waals surface area contributed by atoms with Crippen LogP contribution in [0.25, 0.3) is 0 Å². The van der Waals surface area contributed by atoms with Gasteiger partial charge in [0.1, 0.15) is 0 Å². The van der Waals surface area contributed by atoms with Crippen LogP contribution in [-0.4, -0.2) is 16.8 Å². The molecule has 1 unspecified atom stereocenters. The van der Waals surface area contributed by atoms with Crippen molar-refractivity contribution in [3.05, 3.63) is 53.3 Å². The first-order valence-corrected chi connectivity index (χ1v) is 6.57. The van der Waals surface area contributed by atoms with Crippen LogP contribution in [0, 0.1) is 0 Å². The van der Waals surface area contributed by atoms with E-state index in [0.717, 1.165) is 13.0 Å². The molecule has 1 heterocycles. The first-order valence-electron chi connectivity index (χ1n) is 6.57. The van der Waals surface area contributed by atoms with Gasteiger partial charge < -0.3 is 5.32 Å². The van der Waals surface area contributed by atoms with Crippen molar-refractivity contribution in [1.29, 1.82) is 0 Å². The Morgan fingerprint density at radius 3 is 2.39 bits per heavy atom. The Morgan fingerprint density at radius 1 is 1.17 bits per heavy atom. The molecule has 0 radical (unpaired) electrons. The summed E-state index contributed by atoms with van der Waals surface area (Å²) in [6.45, 7) is 5.18. The summed E-state index contributed by atoms with van der Waals surface area (Å²) in [6.07, 6.45) is 5.13. The van der Waals surface area contributed by atoms with Gasteiger partial charge in [0.2, 0.25) is 0 Å². The molecule has 1 N–H and O–H groups in total. The van der Waals surface area contributed by atoms with Gasteiger partial charge in [-0.15, -0.1) is 0 Å². The molecule has 96 valence electrons. The number of rotatable bonds is 5. The lowest BCUT2D eigenvalue weighted by Crippen LogP contribution is -2.17. The molecule has 0 spiro atoms. The lowest BCUT2D eigenvalue weighted by Gasteiger charge is -2.15. The van der Waals surface area contributed by atoms with Crippen LogP contribution in [0.4, 0.5) is 0 Å². The van der Waals surface area contributed by atoms with Crippen molar-refractivity contribution >= 4 is 0 Å². The van der Waals surface area contributed by atoms with Crippen LogP contribution in [0.2, 0.25) is 0 Å². The molecule has 1 atom stereocenters. The number of nitrogens with one attached hydrogen (secondary N) is 1. The summed E-state index contributed by atoms with van der Waals surface area (Å²) in [5.74, 6) is 0. The second kappa shape index (κ2) is 5.83. The predicted octanol–water partition coefficient (Wildman–Crippen LogP) is 2.77. The highest BCUT2D eigenvalue weighted by molar-refractivity contribution is 5.31. The number of benzene rings is 1. The largest absolute Gasteiger partial charge is 0.309 e. The third-order valence-corrected chi connectivity index (χ3v) is 3.32. The maximum Gasteiger partial charge on any atom is 0.0605 e. The minimum atomic E-state index is 0.219. The van der Waals surface area contributed by atoms with Crippen LogP contribution in [-0.2, 0) is 13.0 Å². The predicted molar refractivity (Wildman–Crippen MR) is 74.6 cm³/mol. The van der Waals surface area contributed by atoms with Crippen molar-refractivity contribution in [2.45, 2.75) is 32.9 Å². The van der Waals surface area contributed by atoms with E-state index in [1.165, 1.54) is 16.7 Å². The maximum absolute atomic E-state index is 4.34. The minimum Gasteiger partial charge on any atom is -0.309 e. The number of aryl methyl sites for hydroxylation is 2. The first-order chi connectivity index (χ1) is 8.78. The van der Waals surface area contributed by atoms with E-state index in [-0.39, 0.29) is 6.04 Å². The molecule has 0 fully saturated rings. The summed E-state index contributed by atoms with van der Waals surface area (Å²) < 4.78 is 1.96. The molecule has 0 amide bonds. The van der Waals surface area contributed by atoms with E-state index in [1.54, 1.807) is 0 Å². The standard InChI is InChI=1S/C15H21N3/c1-4-12-6-8-13(9-7-12)15(16-3)14-10-17-18(5-2)11-14/h6-11,15-16H,4-5H2,1-3H3. The zero-order chi connectivity index (χ0) is 13.0. The summed E-state index contributed by atoms with van der Waals surface area (Å²) in [7, 11) is 1.99. The molecule has 3 heteroatoms. The molecule has 0 aliphatic heterocycles. The Hall–Kier alpha value is -1.61. The van der Waals surface area contributed by atoms with Crippen molar-refractivity contribution in [3.63, 3.8) is 0 Å². The molecule has 1 aromatic carbocycles. The second-order valence-electron chi connectivity index (χ2n) is 4.45. The van der Waals surface area contributed by atoms with Crippen molar-refractivity contribution in [2.24, 2.45) is 0 Å². The third-order valence-electron chi connectivity index (χ3n) is 3.32. The third kappa shape index (κ3) is 2.62. The van der Waals surface area contributed by atoms with Gasteiger partial charge in [0.15, 0.2) is 0 Å². The quantitative estimate of drug-likeness (QED) is 0.875. The smallest absolute Gasteiger partial charge is 0.0605 e. The molecule has 1 aromatic heterocycles. The number of aromatic nitrogens is 2. The lowest BCUT2D eigenvalue weighted by molar-refractivity contribution is 0.653. The molecular formula is C15H21N3. The van der Waals surface area contributed by atoms with Crippen molar-refractivity contribution in [1.82, 2.24) is 15.1 Å². The lowest BCUT2D eigenvalue weighted by atomic mass is 10.00. The fourth-order valence-electron chi connectivity index (χ4n) is 2.17. The summed E-state index contributed by atoms with van der Waals surface area (Å²) in [4.78, 5) is 0. The van der Waals surface area contributed by atoms with Gasteiger partial charge in [0.05, 0.1) is 12.2 Å². The van der Waals surface area contributed by atoms with E-state index in [0.29, 0.717) is 0 Å². The van der Waals surface area contributed by atoms with Crippen LogP contribution >= 0.6 is 0 Å². The maximum atomic E-state index is 4.34. The van der Waals surface area contributed by atoms with Gasteiger partial charge in [-0.25, -0.2) is 0 Å². The SMILES string of the molecule is CCc1ccc(C(NC)c2cnn(CC)c2)cc1. The van der Waals surface area contributed by atoms with E-state index < -0.39 is 0 Å². The van der Waals surface area contributed by atoms with Gasteiger partial charge in [-0.1, -0.05) is 31.2 Å². The van der Waals surface area contributed by atoms with Gasteiger partial charge in [0, 0.05) is 18.3 Å². The normalized spacial score (nSPS) is 12.6. The van der Waals surface area contributed by atoms with Crippen LogP contribution < -0.4 is 5.32 Å². The highest BCUT2D eigenvalue weighted by Crippen LogP contribution is 2.21. The van der Waals surface area contributed by atoms with E-state index in [1.807, 2.05) is 17.9 Å². The molecule has 0 aliphatic rings. The molecule has 2 aromatic rings. The van der Waals surface area contributed by atoms with E-state index in [9.17, 15) is 0 Å². The average molecular weight is 243 g/mol. The van der Waals surface area contributed by atoms with Gasteiger partial charge in [0.25, 0.3) is 0 Å². The molecule has 0 bridgehead atoms. The minimum absolute atomic E-state index is 0.219. The van der Waals surface area contributed by atoms with E-state index in [4.69, 9.17) is 0 Å². The fourth-order valence-corrected chi connectivity index (χ4v) is 2.17. The van der Waals surface area contributed by atoms with Crippen LogP contribution in [0.5, 0.6) is 0 Å². The van der Waals surface area contributed by atoms with Crippen molar-refractivity contribution in [3.8, 4) is 0 Å². The molecule has 0 saturated heterocycles. The summed E-state index contributed by atoms with van der Waals surface area (Å²) in [6, 6.07) is 9.01. The number of nitrogens with zero attached hydrogens (tertiary/aromatic N) is 2. The molecule has 0 saturated carbocycles. The Balaban J connectivity index is 2.26. The van der Waals surface area contributed by atoms with Gasteiger partial charge in [-0.3, -0.25) is 4.68 Å². The highest BCUT2D eigenvalue weighted by Gasteiger charge is 2.13. The number of hydrogen-bond acceptors (Lipinski definition) is 2. The Morgan fingerprint density at radius 2 is 1.89 bits per heavy atom. The highest BCUT2D eigenvalue weighted by atomic mass is 15.3. The Kier molecular flexibility index (Phi) is 4.15. The van der Waals surface area contributed by atoms with E-state index in [2.05, 4.69) is 54.7 Å². The second-order valence-corrected chi connectivity index (χ2v) is 4.45. The monoisotopic (exact) mass is 243 g/mol. The zero-order valence-electron chi connectivity index (χ0n) is 11.4. The fraction of sp³-hybridized carbons (Fsp3) is 0.400. The first kappa shape index (κ1) is 12.8. The van der Waals surface area contributed by atoms with Crippen LogP contribution in [0.1, 0.15) is 36.6 Å². The Labute approximate surface area is 109 Å². The molecule has 18 heavy (non-hydrogen) atoms. The topological polar surface area (TPSA) is 29.9 Å². The van der Waals surface area contributed by atoms with Crippen LogP contribution in [0.3, 0.4) is 0 Å². The molecule has 0 aliphatic carbocycles. The summed E-state index contributed by atoms with van der Waals surface area (Å²) in [5.41, 5.74) is 3.87. The molecule has 2 rings (SSSR count). The van der Waals surface area contributed by atoms with Gasteiger partial charge in [-0.2, -0.15) is 5.10 Å². The van der Waals surface area contributed by atoms with E-state index >= 15 is 0 Å². The van der Waals surface area contributed by atoms with Crippen molar-refractivity contribution < 1.29 is 0 Å². The van der Waals surface area contributed by atoms with Crippen molar-refractivity contribution in [2.75, 3.05) is 7.05 Å².